The van der Waals surface area contributed by atoms with Crippen LogP contribution in [0.25, 0.3) is 22.3 Å². The molecule has 1 amide bonds. The van der Waals surface area contributed by atoms with E-state index in [1.807, 2.05) is 13.0 Å². The van der Waals surface area contributed by atoms with Crippen LogP contribution in [0.3, 0.4) is 0 Å². The van der Waals surface area contributed by atoms with E-state index in [4.69, 9.17) is 16.3 Å². The van der Waals surface area contributed by atoms with Gasteiger partial charge in [-0.25, -0.2) is 0 Å². The summed E-state index contributed by atoms with van der Waals surface area (Å²) in [6, 6.07) is 9.16. The van der Waals surface area contributed by atoms with Gasteiger partial charge in [-0.1, -0.05) is 23.7 Å². The van der Waals surface area contributed by atoms with Gasteiger partial charge in [-0.05, 0) is 30.7 Å². The number of aliphatic hydroxyl groups is 1. The van der Waals surface area contributed by atoms with Crippen LogP contribution in [0.15, 0.2) is 41.4 Å². The first-order chi connectivity index (χ1) is 17.1. The van der Waals surface area contributed by atoms with Crippen molar-refractivity contribution >= 4 is 29.3 Å². The SMILES string of the molecule is CNC(=O)c1cc(-c2cnc(C(F)(F)F)cc2C#N)c(Cl)c(-c2c(C)cccc2OC)c1SCCO. The average Bonchev–Trinajstić information content (AvgIpc) is 2.86. The normalized spacial score (nSPS) is 11.2. The number of ether oxygens (including phenoxy) is 1. The van der Waals surface area contributed by atoms with E-state index in [0.717, 1.165) is 11.8 Å². The van der Waals surface area contributed by atoms with E-state index in [-0.39, 0.29) is 39.6 Å². The number of carbonyl (C=O) groups is 1. The van der Waals surface area contributed by atoms with Crippen LogP contribution in [0.1, 0.15) is 27.2 Å². The molecule has 0 spiro atoms. The summed E-state index contributed by atoms with van der Waals surface area (Å²) in [5.74, 6) is 0.209. The Morgan fingerprint density at radius 3 is 2.58 bits per heavy atom. The van der Waals surface area contributed by atoms with Gasteiger partial charge in [0.25, 0.3) is 5.91 Å². The summed E-state index contributed by atoms with van der Waals surface area (Å²) in [7, 11) is 2.91. The number of methoxy groups -OCH3 is 1. The summed E-state index contributed by atoms with van der Waals surface area (Å²) in [5, 5.41) is 21.8. The molecular formula is C25H21ClF3N3O3S. The third-order valence-electron chi connectivity index (χ3n) is 5.34. The smallest absolute Gasteiger partial charge is 0.433 e. The molecule has 3 rings (SSSR count). The lowest BCUT2D eigenvalue weighted by atomic mass is 9.91. The largest absolute Gasteiger partial charge is 0.496 e. The van der Waals surface area contributed by atoms with Gasteiger partial charge in [-0.2, -0.15) is 18.4 Å². The fourth-order valence-electron chi connectivity index (χ4n) is 3.71. The number of carbonyl (C=O) groups excluding carboxylic acids is 1. The van der Waals surface area contributed by atoms with E-state index >= 15 is 0 Å². The van der Waals surface area contributed by atoms with E-state index in [2.05, 4.69) is 10.3 Å². The first-order valence-electron chi connectivity index (χ1n) is 10.5. The minimum absolute atomic E-state index is 0.0353. The molecule has 0 saturated carbocycles. The Balaban J connectivity index is 2.49. The van der Waals surface area contributed by atoms with E-state index in [1.165, 1.54) is 32.0 Å². The Hall–Kier alpha value is -3.26. The number of nitriles is 1. The van der Waals surface area contributed by atoms with Crippen molar-refractivity contribution in [2.75, 3.05) is 26.5 Å². The predicted octanol–water partition coefficient (Wildman–Crippen LogP) is 5.72. The molecular weight excluding hydrogens is 515 g/mol. The van der Waals surface area contributed by atoms with Crippen LogP contribution in [0.5, 0.6) is 5.75 Å². The van der Waals surface area contributed by atoms with Crippen LogP contribution in [0.2, 0.25) is 5.02 Å². The number of nitrogens with zero attached hydrogens (tertiary/aromatic N) is 2. The van der Waals surface area contributed by atoms with E-state index in [1.54, 1.807) is 18.2 Å². The van der Waals surface area contributed by atoms with Crippen molar-refractivity contribution < 1.29 is 27.8 Å². The maximum absolute atomic E-state index is 13.2. The van der Waals surface area contributed by atoms with E-state index < -0.39 is 17.8 Å². The van der Waals surface area contributed by atoms with Gasteiger partial charge < -0.3 is 15.2 Å². The van der Waals surface area contributed by atoms with Crippen molar-refractivity contribution in [2.45, 2.75) is 18.0 Å². The number of aliphatic hydroxyl groups excluding tert-OH is 1. The minimum Gasteiger partial charge on any atom is -0.496 e. The number of rotatable bonds is 7. The standard InChI is InChI=1S/C25H21ClF3N3O3S/c1-13-5-4-6-18(35-3)20(13)21-22(26)15(10-16(24(34)31-2)23(21)36-8-7-33)17-12-32-19(25(27,28)29)9-14(17)11-30/h4-6,9-10,12,33H,7-8H2,1-3H3,(H,31,34). The highest BCUT2D eigenvalue weighted by Gasteiger charge is 2.34. The van der Waals surface area contributed by atoms with Crippen molar-refractivity contribution in [3.05, 3.63) is 63.9 Å². The average molecular weight is 536 g/mol. The molecule has 0 atom stereocenters. The third kappa shape index (κ3) is 5.28. The lowest BCUT2D eigenvalue weighted by Gasteiger charge is -2.22. The van der Waals surface area contributed by atoms with Crippen LogP contribution in [0.4, 0.5) is 13.2 Å². The number of pyridine rings is 1. The molecule has 2 N–H and O–H groups in total. The van der Waals surface area contributed by atoms with Crippen LogP contribution >= 0.6 is 23.4 Å². The number of aromatic nitrogens is 1. The lowest BCUT2D eigenvalue weighted by Crippen LogP contribution is -2.19. The van der Waals surface area contributed by atoms with Gasteiger partial charge in [0.15, 0.2) is 0 Å². The number of hydrogen-bond donors (Lipinski definition) is 2. The predicted molar refractivity (Wildman–Crippen MR) is 132 cm³/mol. The Bertz CT molecular complexity index is 1360. The number of alkyl halides is 3. The minimum atomic E-state index is -4.74. The summed E-state index contributed by atoms with van der Waals surface area (Å²) in [6.07, 6.45) is -3.82. The Morgan fingerprint density at radius 2 is 2.00 bits per heavy atom. The summed E-state index contributed by atoms with van der Waals surface area (Å²) in [5.41, 5.74) is 0.546. The van der Waals surface area contributed by atoms with Crippen molar-refractivity contribution in [1.82, 2.24) is 10.3 Å². The zero-order chi connectivity index (χ0) is 26.6. The molecule has 2 aromatic carbocycles. The maximum Gasteiger partial charge on any atom is 0.433 e. The second-order valence-corrected chi connectivity index (χ2v) is 9.00. The molecule has 0 saturated heterocycles. The second-order valence-electron chi connectivity index (χ2n) is 7.52. The molecule has 0 bridgehead atoms. The molecule has 0 fully saturated rings. The van der Waals surface area contributed by atoms with Crippen LogP contribution in [-0.2, 0) is 6.18 Å². The monoisotopic (exact) mass is 535 g/mol. The molecule has 188 valence electrons. The highest BCUT2D eigenvalue weighted by molar-refractivity contribution is 7.99. The molecule has 0 aliphatic carbocycles. The van der Waals surface area contributed by atoms with Gasteiger partial charge >= 0.3 is 6.18 Å². The molecule has 1 heterocycles. The van der Waals surface area contributed by atoms with E-state index in [0.29, 0.717) is 27.8 Å². The van der Waals surface area contributed by atoms with Crippen molar-refractivity contribution in [3.8, 4) is 34.1 Å². The fourth-order valence-corrected chi connectivity index (χ4v) is 5.06. The van der Waals surface area contributed by atoms with Gasteiger partial charge in [0.05, 0.1) is 35.9 Å². The summed E-state index contributed by atoms with van der Waals surface area (Å²) < 4.78 is 45.2. The highest BCUT2D eigenvalue weighted by atomic mass is 35.5. The van der Waals surface area contributed by atoms with Crippen molar-refractivity contribution in [1.29, 1.82) is 5.26 Å². The quantitative estimate of drug-likeness (QED) is 0.376. The third-order valence-corrected chi connectivity index (χ3v) is 6.83. The maximum atomic E-state index is 13.2. The van der Waals surface area contributed by atoms with Gasteiger partial charge in [-0.15, -0.1) is 11.8 Å². The Labute approximate surface area is 215 Å². The summed E-state index contributed by atoms with van der Waals surface area (Å²) in [6.45, 7) is 1.64. The number of halogens is 4. The fraction of sp³-hybridized carbons (Fsp3) is 0.240. The first kappa shape index (κ1) is 27.3. The second kappa shape index (κ2) is 11.2. The first-order valence-corrected chi connectivity index (χ1v) is 11.9. The summed E-state index contributed by atoms with van der Waals surface area (Å²) >= 11 is 8.11. The lowest BCUT2D eigenvalue weighted by molar-refractivity contribution is -0.141. The molecule has 0 radical (unpaired) electrons. The molecule has 0 aliphatic rings. The number of thioether (sulfide) groups is 1. The zero-order valence-electron chi connectivity index (χ0n) is 19.5. The number of amides is 1. The Kier molecular flexibility index (Phi) is 8.51. The molecule has 1 aromatic heterocycles. The van der Waals surface area contributed by atoms with Gasteiger partial charge in [0.2, 0.25) is 0 Å². The van der Waals surface area contributed by atoms with Crippen LogP contribution in [0, 0.1) is 18.3 Å². The molecule has 6 nitrogen and oxygen atoms in total. The topological polar surface area (TPSA) is 95.2 Å². The number of nitrogens with one attached hydrogen (secondary N) is 1. The van der Waals surface area contributed by atoms with Crippen molar-refractivity contribution in [3.63, 3.8) is 0 Å². The molecule has 0 unspecified atom stereocenters. The highest BCUT2D eigenvalue weighted by Crippen LogP contribution is 2.49. The van der Waals surface area contributed by atoms with Gasteiger partial charge in [0.1, 0.15) is 11.4 Å². The number of hydrogen-bond acceptors (Lipinski definition) is 6. The van der Waals surface area contributed by atoms with Gasteiger partial charge in [0, 0.05) is 46.1 Å². The number of benzene rings is 2. The number of aryl methyl sites for hydroxylation is 1. The molecule has 3 aromatic rings. The molecule has 0 aliphatic heterocycles. The zero-order valence-corrected chi connectivity index (χ0v) is 21.0. The molecule has 36 heavy (non-hydrogen) atoms. The van der Waals surface area contributed by atoms with Crippen molar-refractivity contribution in [2.24, 2.45) is 0 Å². The molecule has 11 heteroatoms. The summed E-state index contributed by atoms with van der Waals surface area (Å²) in [4.78, 5) is 16.9. The van der Waals surface area contributed by atoms with Crippen LogP contribution < -0.4 is 10.1 Å². The Morgan fingerprint density at radius 1 is 1.28 bits per heavy atom. The van der Waals surface area contributed by atoms with Crippen LogP contribution in [-0.4, -0.2) is 42.5 Å². The van der Waals surface area contributed by atoms with E-state index in [9.17, 15) is 28.3 Å². The van der Waals surface area contributed by atoms with Gasteiger partial charge in [-0.3, -0.25) is 9.78 Å².